The Labute approximate surface area is 302 Å². The largest absolute Gasteiger partial charge is 0.491 e. The van der Waals surface area contributed by atoms with Crippen molar-refractivity contribution in [3.63, 3.8) is 0 Å². The lowest BCUT2D eigenvalue weighted by molar-refractivity contribution is -0.123. The second-order valence-corrected chi connectivity index (χ2v) is 11.8. The van der Waals surface area contributed by atoms with E-state index in [1.807, 2.05) is 84.8 Å². The van der Waals surface area contributed by atoms with Crippen molar-refractivity contribution < 1.29 is 38.6 Å². The average molecular weight is 711 g/mol. The summed E-state index contributed by atoms with van der Waals surface area (Å²) in [5, 5.41) is 10.6. The Morgan fingerprint density at radius 3 is 1.83 bits per heavy atom. The molecule has 53 heavy (non-hydrogen) atoms. The van der Waals surface area contributed by atoms with Gasteiger partial charge in [0.2, 0.25) is 0 Å². The molecule has 1 aromatic heterocycles. The predicted octanol–water partition coefficient (Wildman–Crippen LogP) is 5.50. The maximum Gasteiger partial charge on any atom is 0.417 e. The van der Waals surface area contributed by atoms with Crippen LogP contribution in [0.4, 0.5) is 33.4 Å². The van der Waals surface area contributed by atoms with Gasteiger partial charge in [0, 0.05) is 24.0 Å². The van der Waals surface area contributed by atoms with Gasteiger partial charge in [-0.15, -0.1) is 0 Å². The lowest BCUT2D eigenvalue weighted by Crippen LogP contribution is -2.34. The molecule has 4 heterocycles. The first-order valence-corrected chi connectivity index (χ1v) is 16.1. The number of aliphatic imine (C=N–C) groups is 1. The number of aromatic nitrogens is 1. The predicted molar refractivity (Wildman–Crippen MR) is 196 cm³/mol. The maximum absolute atomic E-state index is 13.2. The molecule has 0 saturated carbocycles. The number of carbonyl (C=O) groups excluding carboxylic acids is 4. The minimum atomic E-state index is -1.45. The highest BCUT2D eigenvalue weighted by Crippen LogP contribution is 2.39. The van der Waals surface area contributed by atoms with Gasteiger partial charge in [0.05, 0.1) is 49.1 Å². The van der Waals surface area contributed by atoms with E-state index >= 15 is 0 Å². The quantitative estimate of drug-likeness (QED) is 0.213. The van der Waals surface area contributed by atoms with Crippen molar-refractivity contribution in [3.8, 4) is 0 Å². The lowest BCUT2D eigenvalue weighted by Gasteiger charge is -2.24. The molecule has 0 spiro atoms. The summed E-state index contributed by atoms with van der Waals surface area (Å²) in [7, 11) is 4.37. The van der Waals surface area contributed by atoms with Crippen molar-refractivity contribution in [2.45, 2.75) is 0 Å². The molecule has 14 nitrogen and oxygen atoms in total. The smallest absolute Gasteiger partial charge is 0.417 e. The van der Waals surface area contributed by atoms with E-state index in [-0.39, 0.29) is 34.4 Å². The maximum atomic E-state index is 13.2. The molecular weight excluding hydrogens is 680 g/mol. The number of H-pyrrole nitrogens is 1. The van der Waals surface area contributed by atoms with Gasteiger partial charge in [-0.2, -0.15) is 0 Å². The van der Waals surface area contributed by atoms with E-state index in [1.54, 1.807) is 12.1 Å². The number of likely N-dealkylation sites (N-methyl/N-ethyl adjacent to an activating group) is 1. The van der Waals surface area contributed by atoms with Crippen LogP contribution in [0.15, 0.2) is 138 Å². The number of methoxy groups -OCH3 is 2. The molecule has 0 aliphatic carbocycles. The molecule has 3 aliphatic rings. The number of benzene rings is 3. The summed E-state index contributed by atoms with van der Waals surface area (Å²) in [4.78, 5) is 77.8. The summed E-state index contributed by atoms with van der Waals surface area (Å²) in [6, 6.07) is 26.3. The van der Waals surface area contributed by atoms with E-state index in [4.69, 9.17) is 14.5 Å². The van der Waals surface area contributed by atoms with Gasteiger partial charge in [-0.1, -0.05) is 48.5 Å². The highest BCUT2D eigenvalue weighted by molar-refractivity contribution is 6.32. The van der Waals surface area contributed by atoms with Crippen LogP contribution in [0.3, 0.4) is 0 Å². The number of nitrogens with one attached hydrogen (secondary N) is 1. The van der Waals surface area contributed by atoms with Crippen molar-refractivity contribution in [3.05, 3.63) is 144 Å². The fourth-order valence-electron chi connectivity index (χ4n) is 6.17. The Kier molecular flexibility index (Phi) is 8.77. The molecule has 0 bridgehead atoms. The first-order valence-electron chi connectivity index (χ1n) is 16.1. The number of anilines is 5. The summed E-state index contributed by atoms with van der Waals surface area (Å²) in [6.07, 6.45) is 4.28. The number of amides is 5. The molecule has 0 saturated heterocycles. The van der Waals surface area contributed by atoms with Crippen LogP contribution >= 0.6 is 0 Å². The van der Waals surface area contributed by atoms with Crippen LogP contribution in [-0.4, -0.2) is 66.9 Å². The van der Waals surface area contributed by atoms with Gasteiger partial charge in [-0.3, -0.25) is 19.2 Å². The molecule has 14 heteroatoms. The van der Waals surface area contributed by atoms with E-state index in [2.05, 4.69) is 4.98 Å². The van der Waals surface area contributed by atoms with Crippen LogP contribution in [-0.2, 0) is 28.7 Å². The molecule has 3 aromatic carbocycles. The first-order chi connectivity index (χ1) is 25.6. The second-order valence-electron chi connectivity index (χ2n) is 11.8. The minimum absolute atomic E-state index is 0.0711. The Hall–Kier alpha value is -7.48. The third-order valence-electron chi connectivity index (χ3n) is 8.68. The van der Waals surface area contributed by atoms with E-state index in [0.29, 0.717) is 22.8 Å². The van der Waals surface area contributed by atoms with Gasteiger partial charge in [0.1, 0.15) is 11.7 Å². The molecule has 0 radical (unpaired) electrons. The minimum Gasteiger partial charge on any atom is -0.491 e. The Morgan fingerprint density at radius 2 is 1.30 bits per heavy atom. The average Bonchev–Trinajstić information content (AvgIpc) is 3.95. The van der Waals surface area contributed by atoms with Crippen LogP contribution in [0.1, 0.15) is 11.3 Å². The van der Waals surface area contributed by atoms with Crippen molar-refractivity contribution in [2.24, 2.45) is 4.99 Å². The third-order valence-corrected chi connectivity index (χ3v) is 8.68. The van der Waals surface area contributed by atoms with Crippen molar-refractivity contribution in [1.82, 2.24) is 4.98 Å². The SMILES string of the molecule is COC1=CC(=O)N(c2cc(N3C(=O)C=C(OC)C3=O)cc(N(C(=O)O)c3ccc(C(=C4C=CC(N(C)c5ccccc5)=N4)c4ccccc4)[nH]3)c2)C1=O. The summed E-state index contributed by atoms with van der Waals surface area (Å²) in [5.41, 5.74) is 3.24. The van der Waals surface area contributed by atoms with Crippen molar-refractivity contribution >= 4 is 69.7 Å². The fourth-order valence-corrected chi connectivity index (χ4v) is 6.17. The topological polar surface area (TPSA) is 165 Å². The van der Waals surface area contributed by atoms with Gasteiger partial charge in [0.15, 0.2) is 11.5 Å². The molecule has 3 aliphatic heterocycles. The van der Waals surface area contributed by atoms with Gasteiger partial charge in [-0.05, 0) is 60.2 Å². The van der Waals surface area contributed by atoms with E-state index in [1.165, 1.54) is 32.4 Å². The lowest BCUT2D eigenvalue weighted by atomic mass is 10.0. The number of rotatable bonds is 9. The number of para-hydroxylation sites is 1. The molecule has 264 valence electrons. The second kappa shape index (κ2) is 13.7. The van der Waals surface area contributed by atoms with Crippen molar-refractivity contribution in [2.75, 3.05) is 40.9 Å². The molecular formula is C39H30N6O8. The van der Waals surface area contributed by atoms with Crippen LogP contribution in [0, 0.1) is 0 Å². The number of hydrogen-bond acceptors (Lipinski definition) is 9. The molecule has 0 fully saturated rings. The summed E-state index contributed by atoms with van der Waals surface area (Å²) in [6.45, 7) is 0. The number of carbonyl (C=O) groups is 5. The van der Waals surface area contributed by atoms with Gasteiger partial charge >= 0.3 is 17.9 Å². The Morgan fingerprint density at radius 1 is 0.736 bits per heavy atom. The zero-order valence-corrected chi connectivity index (χ0v) is 28.5. The Balaban J connectivity index is 1.33. The van der Waals surface area contributed by atoms with E-state index < -0.39 is 29.7 Å². The molecule has 0 atom stereocenters. The number of aromatic amines is 1. The highest BCUT2D eigenvalue weighted by atomic mass is 16.5. The van der Waals surface area contributed by atoms with Crippen LogP contribution < -0.4 is 19.6 Å². The molecule has 2 N–H and O–H groups in total. The number of amidine groups is 1. The first kappa shape index (κ1) is 34.0. The molecule has 7 rings (SSSR count). The van der Waals surface area contributed by atoms with Gasteiger partial charge < -0.3 is 24.5 Å². The number of allylic oxidation sites excluding steroid dienone is 1. The number of ether oxygens (including phenoxy) is 2. The number of imide groups is 2. The summed E-state index contributed by atoms with van der Waals surface area (Å²) in [5.74, 6) is -2.90. The number of hydrogen-bond donors (Lipinski definition) is 2. The fraction of sp³-hybridized carbons (Fsp3) is 0.0769. The molecule has 4 aromatic rings. The van der Waals surface area contributed by atoms with Gasteiger partial charge in [-0.25, -0.2) is 24.5 Å². The molecule has 5 amide bonds. The van der Waals surface area contributed by atoms with Crippen LogP contribution in [0.2, 0.25) is 0 Å². The van der Waals surface area contributed by atoms with Crippen molar-refractivity contribution in [1.29, 1.82) is 0 Å². The summed E-state index contributed by atoms with van der Waals surface area (Å²) < 4.78 is 10.1. The normalized spacial score (nSPS) is 16.2. The zero-order chi connectivity index (χ0) is 37.4. The highest BCUT2D eigenvalue weighted by Gasteiger charge is 2.38. The van der Waals surface area contributed by atoms with Crippen LogP contribution in [0.25, 0.3) is 5.57 Å². The summed E-state index contributed by atoms with van der Waals surface area (Å²) >= 11 is 0. The monoisotopic (exact) mass is 710 g/mol. The van der Waals surface area contributed by atoms with E-state index in [0.717, 1.165) is 38.1 Å². The number of carboxylic acid groups (broad SMARTS) is 1. The van der Waals surface area contributed by atoms with Gasteiger partial charge in [0.25, 0.3) is 11.8 Å². The molecule has 0 unspecified atom stereocenters. The van der Waals surface area contributed by atoms with E-state index in [9.17, 15) is 29.1 Å². The third kappa shape index (κ3) is 6.14. The zero-order valence-electron chi connectivity index (χ0n) is 28.5. The van der Waals surface area contributed by atoms with Crippen LogP contribution in [0.5, 0.6) is 0 Å². The number of nitrogens with zero attached hydrogens (tertiary/aromatic N) is 5. The standard InChI is InChI=1S/C39H30N6O8/c1-42(24-12-8-5-9-13-24)32-16-14-28(40-32)36(23-10-6-4-7-11-23)29-15-17-33(41-29)43(39(50)51)25-18-26(44-34(46)21-30(52-2)37(44)48)20-27(19-25)45-35(47)22-31(53-3)38(45)49/h4-22,41H,1-3H3,(H,50,51). The Bertz CT molecular complexity index is 2290.